The minimum Gasteiger partial charge on any atom is -0.0991 e. The van der Waals surface area contributed by atoms with Gasteiger partial charge < -0.3 is 0 Å². The first-order valence-electron chi connectivity index (χ1n) is 15.4. The molecule has 0 saturated carbocycles. The summed E-state index contributed by atoms with van der Waals surface area (Å²) < 4.78 is 0. The topological polar surface area (TPSA) is 0 Å². The molecule has 0 heteroatoms. The lowest BCUT2D eigenvalue weighted by Crippen LogP contribution is -2.09. The van der Waals surface area contributed by atoms with Gasteiger partial charge in [-0.05, 0) is 83.3 Å². The molecule has 0 saturated heterocycles. The molecular weight excluding hydrogens is 528 g/mol. The van der Waals surface area contributed by atoms with Crippen LogP contribution in [0.3, 0.4) is 0 Å². The number of benzene rings is 6. The maximum Gasteiger partial charge on any atom is 0.00678 e. The summed E-state index contributed by atoms with van der Waals surface area (Å²) in [5, 5.41) is 7.80. The van der Waals surface area contributed by atoms with Gasteiger partial charge in [0.25, 0.3) is 0 Å². The largest absolute Gasteiger partial charge is 0.0991 e. The van der Waals surface area contributed by atoms with Gasteiger partial charge in [0.1, 0.15) is 0 Å². The Balaban J connectivity index is 1.26. The molecule has 6 aromatic rings. The van der Waals surface area contributed by atoms with Crippen molar-refractivity contribution >= 4 is 49.5 Å². The molecule has 1 atom stereocenters. The molecule has 0 N–H and O–H groups in total. The Morgan fingerprint density at radius 3 is 1.93 bits per heavy atom. The molecule has 0 spiro atoms. The number of hydrogen-bond donors (Lipinski definition) is 0. The van der Waals surface area contributed by atoms with Crippen LogP contribution in [0, 0.1) is 5.92 Å². The first-order chi connectivity index (χ1) is 21.8. The first-order valence-corrected chi connectivity index (χ1v) is 15.4. The normalized spacial score (nSPS) is 16.2. The molecule has 6 aromatic carbocycles. The third-order valence-corrected chi connectivity index (χ3v) is 9.16. The van der Waals surface area contributed by atoms with E-state index in [1.54, 1.807) is 0 Å². The molecule has 0 nitrogen and oxygen atoms in total. The zero-order valence-corrected chi connectivity index (χ0v) is 24.6. The molecule has 0 aliphatic heterocycles. The quantitative estimate of drug-likeness (QED) is 0.145. The summed E-state index contributed by atoms with van der Waals surface area (Å²) in [6.45, 7) is 3.78. The lowest BCUT2D eigenvalue weighted by Gasteiger charge is -2.27. The lowest BCUT2D eigenvalue weighted by molar-refractivity contribution is 0.796. The monoisotopic (exact) mass is 560 g/mol. The standard InChI is InChI=1S/C44H32/c1-2-3-11-30-20-22-31(23-21-30)34-26-24-32-25-27-35(29-36(32)28-34)43-39-15-6-8-17-41(39)44(42-18-9-7-16-40(42)43)38-19-10-13-33-12-4-5-14-37(33)38/h2-28,36H,1,29H2/b11-3-. The van der Waals surface area contributed by atoms with Gasteiger partial charge in [0.05, 0.1) is 0 Å². The molecule has 208 valence electrons. The third kappa shape index (κ3) is 4.48. The van der Waals surface area contributed by atoms with E-state index < -0.39 is 0 Å². The SMILES string of the molecule is C=C/C=C\c1ccc(C2=CC3CC(c4c5ccccc5c(-c5cccc6ccccc56)c5ccccc45)=CC=C3C=C2)cc1. The average molecular weight is 561 g/mol. The maximum atomic E-state index is 3.78. The summed E-state index contributed by atoms with van der Waals surface area (Å²) in [6.07, 6.45) is 18.6. The van der Waals surface area contributed by atoms with Crippen molar-refractivity contribution in [2.45, 2.75) is 6.42 Å². The zero-order chi connectivity index (χ0) is 29.5. The second-order valence-corrected chi connectivity index (χ2v) is 11.7. The highest BCUT2D eigenvalue weighted by Gasteiger charge is 2.24. The van der Waals surface area contributed by atoms with Crippen LogP contribution in [0.5, 0.6) is 0 Å². The molecule has 2 aliphatic rings. The summed E-state index contributed by atoms with van der Waals surface area (Å²) >= 11 is 0. The van der Waals surface area contributed by atoms with Crippen molar-refractivity contribution in [2.24, 2.45) is 5.92 Å². The number of hydrogen-bond acceptors (Lipinski definition) is 0. The molecule has 0 heterocycles. The highest BCUT2D eigenvalue weighted by atomic mass is 14.3. The fraction of sp³-hybridized carbons (Fsp3) is 0.0455. The van der Waals surface area contributed by atoms with Crippen LogP contribution in [-0.4, -0.2) is 0 Å². The minimum absolute atomic E-state index is 0.339. The molecule has 1 unspecified atom stereocenters. The van der Waals surface area contributed by atoms with Crippen molar-refractivity contribution in [1.29, 1.82) is 0 Å². The Morgan fingerprint density at radius 1 is 0.591 bits per heavy atom. The van der Waals surface area contributed by atoms with Crippen LogP contribution in [0.15, 0.2) is 170 Å². The summed E-state index contributed by atoms with van der Waals surface area (Å²) in [6, 6.07) is 42.2. The fourth-order valence-corrected chi connectivity index (χ4v) is 7.09. The average Bonchev–Trinajstić information content (AvgIpc) is 3.09. The highest BCUT2D eigenvalue weighted by molar-refractivity contribution is 6.21. The number of fused-ring (bicyclic) bond motifs is 4. The van der Waals surface area contributed by atoms with Gasteiger partial charge in [-0.25, -0.2) is 0 Å². The molecular formula is C44H32. The van der Waals surface area contributed by atoms with Gasteiger partial charge in [-0.2, -0.15) is 0 Å². The van der Waals surface area contributed by atoms with Crippen molar-refractivity contribution in [2.75, 3.05) is 0 Å². The smallest absolute Gasteiger partial charge is 0.00678 e. The fourth-order valence-electron chi connectivity index (χ4n) is 7.09. The first kappa shape index (κ1) is 26.2. The van der Waals surface area contributed by atoms with E-state index in [-0.39, 0.29) is 0 Å². The van der Waals surface area contributed by atoms with Gasteiger partial charge in [0.2, 0.25) is 0 Å². The number of allylic oxidation sites excluding steroid dienone is 10. The second-order valence-electron chi connectivity index (χ2n) is 11.7. The summed E-state index contributed by atoms with van der Waals surface area (Å²) in [4.78, 5) is 0. The van der Waals surface area contributed by atoms with Gasteiger partial charge in [-0.15, -0.1) is 0 Å². The van der Waals surface area contributed by atoms with E-state index in [0.29, 0.717) is 5.92 Å². The van der Waals surface area contributed by atoms with Gasteiger partial charge in [-0.1, -0.05) is 170 Å². The summed E-state index contributed by atoms with van der Waals surface area (Å²) in [5.74, 6) is 0.339. The molecule has 0 fully saturated rings. The predicted octanol–water partition coefficient (Wildman–Crippen LogP) is 12.0. The van der Waals surface area contributed by atoms with Gasteiger partial charge in [0, 0.05) is 5.92 Å². The minimum atomic E-state index is 0.339. The molecule has 2 aliphatic carbocycles. The summed E-state index contributed by atoms with van der Waals surface area (Å²) in [5.41, 5.74) is 10.5. The van der Waals surface area contributed by atoms with Crippen LogP contribution in [0.1, 0.15) is 23.1 Å². The van der Waals surface area contributed by atoms with Crippen LogP contribution in [0.2, 0.25) is 0 Å². The molecule has 0 amide bonds. The van der Waals surface area contributed by atoms with E-state index in [2.05, 4.69) is 158 Å². The maximum absolute atomic E-state index is 3.78. The second kappa shape index (κ2) is 11.0. The van der Waals surface area contributed by atoms with Crippen LogP contribution in [0.4, 0.5) is 0 Å². The van der Waals surface area contributed by atoms with Crippen molar-refractivity contribution in [3.8, 4) is 11.1 Å². The van der Waals surface area contributed by atoms with Crippen LogP contribution in [0.25, 0.3) is 60.7 Å². The molecule has 0 aromatic heterocycles. The highest BCUT2D eigenvalue weighted by Crippen LogP contribution is 2.46. The van der Waals surface area contributed by atoms with E-state index in [4.69, 9.17) is 0 Å². The molecule has 44 heavy (non-hydrogen) atoms. The van der Waals surface area contributed by atoms with Crippen molar-refractivity contribution < 1.29 is 0 Å². The predicted molar refractivity (Wildman–Crippen MR) is 191 cm³/mol. The van der Waals surface area contributed by atoms with Gasteiger partial charge in [-0.3, -0.25) is 0 Å². The van der Waals surface area contributed by atoms with E-state index >= 15 is 0 Å². The van der Waals surface area contributed by atoms with E-state index in [1.807, 2.05) is 12.2 Å². The van der Waals surface area contributed by atoms with Crippen molar-refractivity contribution in [1.82, 2.24) is 0 Å². The third-order valence-electron chi connectivity index (χ3n) is 9.16. The van der Waals surface area contributed by atoms with Crippen LogP contribution >= 0.6 is 0 Å². The molecule has 8 rings (SSSR count). The van der Waals surface area contributed by atoms with E-state index in [1.165, 1.54) is 76.9 Å². The Bertz CT molecular complexity index is 2180. The summed E-state index contributed by atoms with van der Waals surface area (Å²) in [7, 11) is 0. The Labute approximate surface area is 259 Å². The number of rotatable bonds is 5. The van der Waals surface area contributed by atoms with Crippen LogP contribution < -0.4 is 0 Å². The molecule has 0 bridgehead atoms. The van der Waals surface area contributed by atoms with Crippen molar-refractivity contribution in [3.05, 3.63) is 187 Å². The van der Waals surface area contributed by atoms with Gasteiger partial charge >= 0.3 is 0 Å². The Morgan fingerprint density at radius 2 is 1.23 bits per heavy atom. The van der Waals surface area contributed by atoms with Crippen molar-refractivity contribution in [3.63, 3.8) is 0 Å². The van der Waals surface area contributed by atoms with E-state index in [0.717, 1.165) is 6.42 Å². The Hall–Kier alpha value is -5.46. The van der Waals surface area contributed by atoms with Crippen LogP contribution in [-0.2, 0) is 0 Å². The van der Waals surface area contributed by atoms with Gasteiger partial charge in [0.15, 0.2) is 0 Å². The molecule has 0 radical (unpaired) electrons. The zero-order valence-electron chi connectivity index (χ0n) is 24.6. The Kier molecular flexibility index (Phi) is 6.54. The van der Waals surface area contributed by atoms with E-state index in [9.17, 15) is 0 Å². The lowest BCUT2D eigenvalue weighted by atomic mass is 9.77.